The third kappa shape index (κ3) is 0.511. The number of carbonyl (C=O) groups excluding carboxylic acids is 1. The molecular formula is C8H10O2. The molecule has 2 nitrogen and oxygen atoms in total. The van der Waals surface area contributed by atoms with Crippen LogP contribution in [0.15, 0.2) is 0 Å². The lowest BCUT2D eigenvalue weighted by atomic mass is 10.00. The number of ether oxygens (including phenoxy) is 1. The van der Waals surface area contributed by atoms with Crippen molar-refractivity contribution in [1.29, 1.82) is 0 Å². The summed E-state index contributed by atoms with van der Waals surface area (Å²) in [7, 11) is 0. The van der Waals surface area contributed by atoms with Gasteiger partial charge in [-0.25, -0.2) is 0 Å². The fourth-order valence-corrected chi connectivity index (χ4v) is 2.62. The Morgan fingerprint density at radius 1 is 1.40 bits per heavy atom. The van der Waals surface area contributed by atoms with Crippen LogP contribution < -0.4 is 0 Å². The minimum Gasteiger partial charge on any atom is -0.369 e. The van der Waals surface area contributed by atoms with Gasteiger partial charge in [-0.15, -0.1) is 0 Å². The first-order valence-electron chi connectivity index (χ1n) is 4.02. The summed E-state index contributed by atoms with van der Waals surface area (Å²) < 4.78 is 5.36. The molecule has 3 rings (SSSR count). The zero-order chi connectivity index (χ0) is 6.72. The first-order valence-corrected chi connectivity index (χ1v) is 4.02. The Morgan fingerprint density at radius 2 is 2.30 bits per heavy atom. The maximum atomic E-state index is 11.0. The molecule has 2 saturated carbocycles. The van der Waals surface area contributed by atoms with Gasteiger partial charge in [0.2, 0.25) is 0 Å². The molecule has 0 N–H and O–H groups in total. The lowest BCUT2D eigenvalue weighted by Crippen LogP contribution is -2.06. The van der Waals surface area contributed by atoms with E-state index in [1.165, 1.54) is 6.42 Å². The molecule has 0 radical (unpaired) electrons. The number of Topliss-reactive ketones (excluding diaryl/α,β-unsaturated/α-hetero) is 1. The second kappa shape index (κ2) is 1.45. The molecule has 2 heteroatoms. The smallest absolute Gasteiger partial charge is 0.133 e. The number of hydrogen-bond donors (Lipinski definition) is 0. The average Bonchev–Trinajstić information content (AvgIpc) is 2.40. The summed E-state index contributed by atoms with van der Waals surface area (Å²) in [5.74, 6) is 1.79. The van der Waals surface area contributed by atoms with E-state index < -0.39 is 0 Å². The largest absolute Gasteiger partial charge is 0.369 e. The van der Waals surface area contributed by atoms with Crippen LogP contribution in [-0.2, 0) is 9.53 Å². The molecule has 3 aliphatic rings. The van der Waals surface area contributed by atoms with Crippen molar-refractivity contribution in [2.75, 3.05) is 0 Å². The second-order valence-electron chi connectivity index (χ2n) is 3.75. The second-order valence-corrected chi connectivity index (χ2v) is 3.75. The standard InChI is InChI=1S/C8H10O2/c9-5-1-4-2-7-8(10-7)6(4)3-5/h4,6-8H,1-3H2/t4?,6?,7-,8+/m0/s1. The molecular weight excluding hydrogens is 128 g/mol. The summed E-state index contributed by atoms with van der Waals surface area (Å²) in [6, 6.07) is 0. The fraction of sp³-hybridized carbons (Fsp3) is 0.875. The van der Waals surface area contributed by atoms with Crippen LogP contribution in [0.25, 0.3) is 0 Å². The lowest BCUT2D eigenvalue weighted by molar-refractivity contribution is -0.117. The summed E-state index contributed by atoms with van der Waals surface area (Å²) in [5, 5.41) is 0. The predicted molar refractivity (Wildman–Crippen MR) is 34.5 cm³/mol. The number of carbonyl (C=O) groups is 1. The van der Waals surface area contributed by atoms with Crippen molar-refractivity contribution in [3.8, 4) is 0 Å². The molecule has 10 heavy (non-hydrogen) atoms. The van der Waals surface area contributed by atoms with Gasteiger partial charge in [-0.05, 0) is 18.3 Å². The van der Waals surface area contributed by atoms with Crippen LogP contribution in [0.5, 0.6) is 0 Å². The monoisotopic (exact) mass is 138 g/mol. The highest BCUT2D eigenvalue weighted by atomic mass is 16.6. The van der Waals surface area contributed by atoms with Crippen molar-refractivity contribution in [2.24, 2.45) is 11.8 Å². The van der Waals surface area contributed by atoms with Gasteiger partial charge in [-0.3, -0.25) is 4.79 Å². The van der Waals surface area contributed by atoms with Crippen molar-refractivity contribution >= 4 is 5.78 Å². The topological polar surface area (TPSA) is 29.6 Å². The quantitative estimate of drug-likeness (QED) is 0.462. The van der Waals surface area contributed by atoms with Crippen LogP contribution in [0.1, 0.15) is 19.3 Å². The number of ketones is 1. The number of epoxide rings is 1. The van der Waals surface area contributed by atoms with Crippen molar-refractivity contribution in [3.63, 3.8) is 0 Å². The highest BCUT2D eigenvalue weighted by Gasteiger charge is 2.58. The van der Waals surface area contributed by atoms with E-state index in [1.807, 2.05) is 0 Å². The van der Waals surface area contributed by atoms with Gasteiger partial charge in [-0.2, -0.15) is 0 Å². The van der Waals surface area contributed by atoms with E-state index in [-0.39, 0.29) is 0 Å². The van der Waals surface area contributed by atoms with Gasteiger partial charge >= 0.3 is 0 Å². The summed E-state index contributed by atoms with van der Waals surface area (Å²) in [6.07, 6.45) is 3.88. The molecule has 3 fully saturated rings. The van der Waals surface area contributed by atoms with Gasteiger partial charge < -0.3 is 4.74 Å². The van der Waals surface area contributed by atoms with Crippen molar-refractivity contribution in [1.82, 2.24) is 0 Å². The highest BCUT2D eigenvalue weighted by molar-refractivity contribution is 5.81. The van der Waals surface area contributed by atoms with Crippen LogP contribution in [0.3, 0.4) is 0 Å². The molecule has 1 aliphatic heterocycles. The van der Waals surface area contributed by atoms with E-state index in [9.17, 15) is 4.79 Å². The minimum atomic E-state index is 0.462. The fourth-order valence-electron chi connectivity index (χ4n) is 2.62. The maximum absolute atomic E-state index is 11.0. The molecule has 1 saturated heterocycles. The molecule has 2 unspecified atom stereocenters. The summed E-state index contributed by atoms with van der Waals surface area (Å²) in [4.78, 5) is 11.0. The minimum absolute atomic E-state index is 0.462. The first-order chi connectivity index (χ1) is 4.84. The van der Waals surface area contributed by atoms with Gasteiger partial charge in [0, 0.05) is 12.8 Å². The van der Waals surface area contributed by atoms with Crippen molar-refractivity contribution < 1.29 is 9.53 Å². The molecule has 4 atom stereocenters. The Morgan fingerprint density at radius 3 is 3.10 bits per heavy atom. The third-order valence-corrected chi connectivity index (χ3v) is 3.14. The zero-order valence-corrected chi connectivity index (χ0v) is 5.75. The first kappa shape index (κ1) is 5.30. The Hall–Kier alpha value is -0.370. The predicted octanol–water partition coefficient (Wildman–Crippen LogP) is 0.753. The molecule has 0 aromatic rings. The third-order valence-electron chi connectivity index (χ3n) is 3.14. The number of hydrogen-bond acceptors (Lipinski definition) is 2. The van der Waals surface area contributed by atoms with Crippen LogP contribution in [0, 0.1) is 11.8 Å². The molecule has 0 bridgehead atoms. The van der Waals surface area contributed by atoms with E-state index in [2.05, 4.69) is 0 Å². The van der Waals surface area contributed by atoms with Crippen LogP contribution >= 0.6 is 0 Å². The summed E-state index contributed by atoms with van der Waals surface area (Å²) in [5.41, 5.74) is 0. The van der Waals surface area contributed by atoms with Gasteiger partial charge in [-0.1, -0.05) is 0 Å². The summed E-state index contributed by atoms with van der Waals surface area (Å²) >= 11 is 0. The van der Waals surface area contributed by atoms with Crippen molar-refractivity contribution in [2.45, 2.75) is 31.5 Å². The van der Waals surface area contributed by atoms with E-state index in [0.717, 1.165) is 12.8 Å². The van der Waals surface area contributed by atoms with Crippen LogP contribution in [-0.4, -0.2) is 18.0 Å². The zero-order valence-electron chi connectivity index (χ0n) is 5.75. The van der Waals surface area contributed by atoms with Crippen molar-refractivity contribution in [3.05, 3.63) is 0 Å². The molecule has 2 aliphatic carbocycles. The van der Waals surface area contributed by atoms with Gasteiger partial charge in [0.15, 0.2) is 0 Å². The molecule has 0 spiro atoms. The number of fused-ring (bicyclic) bond motifs is 3. The summed E-state index contributed by atoms with van der Waals surface area (Å²) in [6.45, 7) is 0. The highest BCUT2D eigenvalue weighted by Crippen LogP contribution is 2.52. The normalized spacial score (nSPS) is 56.6. The molecule has 54 valence electrons. The Bertz CT molecular complexity index is 199. The Balaban J connectivity index is 1.88. The Kier molecular flexibility index (Phi) is 0.768. The Labute approximate surface area is 59.6 Å². The molecule has 1 heterocycles. The van der Waals surface area contributed by atoms with E-state index in [1.54, 1.807) is 0 Å². The molecule has 0 aromatic carbocycles. The lowest BCUT2D eigenvalue weighted by Gasteiger charge is -2.08. The van der Waals surface area contributed by atoms with Gasteiger partial charge in [0.1, 0.15) is 5.78 Å². The van der Waals surface area contributed by atoms with Gasteiger partial charge in [0.05, 0.1) is 12.2 Å². The molecule has 0 amide bonds. The molecule has 0 aromatic heterocycles. The van der Waals surface area contributed by atoms with E-state index in [4.69, 9.17) is 4.74 Å². The van der Waals surface area contributed by atoms with Crippen LogP contribution in [0.4, 0.5) is 0 Å². The average molecular weight is 138 g/mol. The number of rotatable bonds is 0. The van der Waals surface area contributed by atoms with E-state index >= 15 is 0 Å². The van der Waals surface area contributed by atoms with E-state index in [0.29, 0.717) is 29.8 Å². The van der Waals surface area contributed by atoms with Crippen LogP contribution in [0.2, 0.25) is 0 Å². The van der Waals surface area contributed by atoms with Gasteiger partial charge in [0.25, 0.3) is 0 Å². The SMILES string of the molecule is O=C1CC2C[C@@H]3O[C@@H]3C2C1. The maximum Gasteiger partial charge on any atom is 0.133 e.